The number of piperazine rings is 1. The van der Waals surface area contributed by atoms with Gasteiger partial charge in [-0.3, -0.25) is 9.59 Å². The van der Waals surface area contributed by atoms with E-state index in [4.69, 9.17) is 10.5 Å². The summed E-state index contributed by atoms with van der Waals surface area (Å²) in [5.41, 5.74) is 7.72. The second-order valence-corrected chi connectivity index (χ2v) is 10.0. The predicted molar refractivity (Wildman–Crippen MR) is 148 cm³/mol. The van der Waals surface area contributed by atoms with Crippen molar-refractivity contribution in [3.05, 3.63) is 42.4 Å². The van der Waals surface area contributed by atoms with Crippen LogP contribution in [0.3, 0.4) is 0 Å². The van der Waals surface area contributed by atoms with Gasteiger partial charge in [0, 0.05) is 51.0 Å². The van der Waals surface area contributed by atoms with E-state index in [9.17, 15) is 9.59 Å². The number of hydrogen-bond acceptors (Lipinski definition) is 7. The van der Waals surface area contributed by atoms with E-state index < -0.39 is 0 Å². The Bertz CT molecular complexity index is 1220. The molecule has 2 aromatic heterocycles. The van der Waals surface area contributed by atoms with Crippen LogP contribution in [0.25, 0.3) is 22.2 Å². The maximum Gasteiger partial charge on any atom is 0.223 e. The minimum Gasteiger partial charge on any atom is -0.480 e. The number of para-hydroxylation sites is 1. The molecule has 0 spiro atoms. The minimum absolute atomic E-state index is 0.00830. The number of imidazole rings is 1. The van der Waals surface area contributed by atoms with Crippen molar-refractivity contribution in [2.24, 2.45) is 5.73 Å². The molecule has 1 atom stereocenters. The number of unbranched alkanes of at least 4 members (excludes halogenated alkanes) is 2. The molecule has 4 rings (SSSR count). The van der Waals surface area contributed by atoms with Gasteiger partial charge in [-0.25, -0.2) is 9.97 Å². The fourth-order valence-corrected chi connectivity index (χ4v) is 4.80. The highest BCUT2D eigenvalue weighted by atomic mass is 16.5. The third-order valence-electron chi connectivity index (χ3n) is 7.10. The van der Waals surface area contributed by atoms with Crippen molar-refractivity contribution >= 4 is 22.7 Å². The zero-order valence-corrected chi connectivity index (χ0v) is 22.4. The van der Waals surface area contributed by atoms with Gasteiger partial charge in [0.25, 0.3) is 0 Å². The number of methoxy groups -OCH3 is 1. The number of likely N-dealkylation sites (N-methyl/N-ethyl adjacent to an activating group) is 1. The second-order valence-electron chi connectivity index (χ2n) is 10.0. The van der Waals surface area contributed by atoms with Gasteiger partial charge in [0.15, 0.2) is 0 Å². The van der Waals surface area contributed by atoms with E-state index in [0.717, 1.165) is 74.1 Å². The molecular weight excluding hydrogens is 482 g/mol. The summed E-state index contributed by atoms with van der Waals surface area (Å²) in [6.45, 7) is 4.76. The Balaban J connectivity index is 1.46. The zero-order chi connectivity index (χ0) is 26.9. The van der Waals surface area contributed by atoms with Crippen molar-refractivity contribution in [1.29, 1.82) is 0 Å². The lowest BCUT2D eigenvalue weighted by Crippen LogP contribution is -2.45. The first-order chi connectivity index (χ1) is 18.4. The van der Waals surface area contributed by atoms with E-state index in [0.29, 0.717) is 31.0 Å². The molecule has 1 aliphatic rings. The summed E-state index contributed by atoms with van der Waals surface area (Å²) in [6.07, 6.45) is 5.72. The van der Waals surface area contributed by atoms with E-state index in [1.54, 1.807) is 13.3 Å². The van der Waals surface area contributed by atoms with Gasteiger partial charge >= 0.3 is 0 Å². The molecule has 1 saturated heterocycles. The van der Waals surface area contributed by atoms with Gasteiger partial charge in [-0.15, -0.1) is 0 Å². The fourth-order valence-electron chi connectivity index (χ4n) is 4.80. The number of amides is 2. The number of fused-ring (bicyclic) bond motifs is 1. The molecule has 3 aromatic rings. The number of pyridine rings is 1. The lowest BCUT2D eigenvalue weighted by atomic mass is 10.1. The topological polar surface area (TPSA) is 129 Å². The maximum atomic E-state index is 13.0. The van der Waals surface area contributed by atoms with E-state index in [1.165, 1.54) is 0 Å². The Hall–Kier alpha value is -3.50. The number of H-pyrrole nitrogens is 1. The lowest BCUT2D eigenvalue weighted by molar-refractivity contribution is -0.122. The number of ether oxygens (including phenoxy) is 1. The summed E-state index contributed by atoms with van der Waals surface area (Å²) >= 11 is 0. The molecule has 10 heteroatoms. The van der Waals surface area contributed by atoms with Crippen LogP contribution in [0, 0.1) is 0 Å². The van der Waals surface area contributed by atoms with Gasteiger partial charge in [0.1, 0.15) is 5.82 Å². The van der Waals surface area contributed by atoms with E-state index in [-0.39, 0.29) is 17.9 Å². The predicted octanol–water partition coefficient (Wildman–Crippen LogP) is 2.86. The van der Waals surface area contributed by atoms with Crippen molar-refractivity contribution in [2.45, 2.75) is 44.6 Å². The Morgan fingerprint density at radius 1 is 1.13 bits per heavy atom. The Kier molecular flexibility index (Phi) is 9.67. The van der Waals surface area contributed by atoms with E-state index in [1.807, 2.05) is 30.3 Å². The van der Waals surface area contributed by atoms with Crippen LogP contribution in [0.1, 0.15) is 50.4 Å². The third kappa shape index (κ3) is 7.52. The number of rotatable bonds is 13. The number of hydrogen-bond donors (Lipinski definition) is 3. The van der Waals surface area contributed by atoms with Gasteiger partial charge in [-0.05, 0) is 32.0 Å². The molecule has 1 aliphatic heterocycles. The highest BCUT2D eigenvalue weighted by Crippen LogP contribution is 2.31. The Morgan fingerprint density at radius 2 is 1.92 bits per heavy atom. The maximum absolute atomic E-state index is 13.0. The SMILES string of the molecule is COc1nc2ccccc2cc1-c1cnc([C@H](CCCCCC(N)=O)NC(=O)CCN2CCN(C)CC2)[nH]1. The summed E-state index contributed by atoms with van der Waals surface area (Å²) in [6, 6.07) is 9.65. The van der Waals surface area contributed by atoms with E-state index in [2.05, 4.69) is 37.1 Å². The molecule has 0 unspecified atom stereocenters. The first-order valence-corrected chi connectivity index (χ1v) is 13.4. The number of aromatic nitrogens is 3. The first-order valence-electron chi connectivity index (χ1n) is 13.4. The van der Waals surface area contributed by atoms with Crippen LogP contribution in [-0.2, 0) is 9.59 Å². The second kappa shape index (κ2) is 13.3. The molecule has 204 valence electrons. The number of aromatic amines is 1. The average Bonchev–Trinajstić information content (AvgIpc) is 3.41. The molecule has 0 radical (unpaired) electrons. The smallest absolute Gasteiger partial charge is 0.223 e. The number of benzene rings is 1. The standard InChI is InChI=1S/C28H39N7O3/c1-34-14-16-35(17-15-34)13-12-26(37)31-23(10-4-3-5-11-25(29)36)27-30-19-24(32-27)21-18-20-8-6-7-9-22(20)33-28(21)38-2/h6-9,18-19,23H,3-5,10-17H2,1-2H3,(H2,29,36)(H,30,32)(H,31,37)/t23-/m0/s1. The molecule has 0 saturated carbocycles. The first kappa shape index (κ1) is 27.5. The van der Waals surface area contributed by atoms with Gasteiger partial charge in [-0.1, -0.05) is 31.0 Å². The van der Waals surface area contributed by atoms with Gasteiger partial charge in [0.2, 0.25) is 17.7 Å². The largest absolute Gasteiger partial charge is 0.480 e. The molecule has 3 heterocycles. The number of carbonyl (C=O) groups is 2. The molecular formula is C28H39N7O3. The molecule has 1 fully saturated rings. The summed E-state index contributed by atoms with van der Waals surface area (Å²) < 4.78 is 5.58. The van der Waals surface area contributed by atoms with Crippen LogP contribution in [0.15, 0.2) is 36.5 Å². The molecule has 4 N–H and O–H groups in total. The zero-order valence-electron chi connectivity index (χ0n) is 22.4. The highest BCUT2D eigenvalue weighted by Gasteiger charge is 2.21. The third-order valence-corrected chi connectivity index (χ3v) is 7.10. The number of carbonyl (C=O) groups excluding carboxylic acids is 2. The number of nitrogens with two attached hydrogens (primary N) is 1. The van der Waals surface area contributed by atoms with Crippen molar-refractivity contribution in [1.82, 2.24) is 30.1 Å². The Morgan fingerprint density at radius 3 is 2.68 bits per heavy atom. The van der Waals surface area contributed by atoms with Crippen LogP contribution < -0.4 is 15.8 Å². The van der Waals surface area contributed by atoms with Gasteiger partial charge in [0.05, 0.1) is 36.1 Å². The van der Waals surface area contributed by atoms with Crippen LogP contribution in [0.5, 0.6) is 5.88 Å². The summed E-state index contributed by atoms with van der Waals surface area (Å²) in [7, 11) is 3.73. The normalized spacial score (nSPS) is 15.4. The summed E-state index contributed by atoms with van der Waals surface area (Å²) in [5.74, 6) is 0.928. The molecule has 0 aliphatic carbocycles. The minimum atomic E-state index is -0.285. The van der Waals surface area contributed by atoms with Crippen molar-refractivity contribution in [2.75, 3.05) is 46.9 Å². The summed E-state index contributed by atoms with van der Waals surface area (Å²) in [4.78, 5) is 41.4. The average molecular weight is 522 g/mol. The van der Waals surface area contributed by atoms with Crippen molar-refractivity contribution < 1.29 is 14.3 Å². The monoisotopic (exact) mass is 521 g/mol. The number of nitrogens with zero attached hydrogens (tertiary/aromatic N) is 4. The van der Waals surface area contributed by atoms with Crippen LogP contribution >= 0.6 is 0 Å². The molecule has 1 aromatic carbocycles. The van der Waals surface area contributed by atoms with Gasteiger partial charge < -0.3 is 30.6 Å². The van der Waals surface area contributed by atoms with E-state index >= 15 is 0 Å². The van der Waals surface area contributed by atoms with Gasteiger partial charge in [-0.2, -0.15) is 0 Å². The van der Waals surface area contributed by atoms with Crippen LogP contribution in [0.4, 0.5) is 0 Å². The quantitative estimate of drug-likeness (QED) is 0.295. The van der Waals surface area contributed by atoms with Crippen LogP contribution in [0.2, 0.25) is 0 Å². The van der Waals surface area contributed by atoms with Crippen molar-refractivity contribution in [3.63, 3.8) is 0 Å². The lowest BCUT2D eigenvalue weighted by Gasteiger charge is -2.32. The highest BCUT2D eigenvalue weighted by molar-refractivity contribution is 5.85. The molecule has 38 heavy (non-hydrogen) atoms. The molecule has 0 bridgehead atoms. The van der Waals surface area contributed by atoms with Crippen LogP contribution in [-0.4, -0.2) is 83.4 Å². The van der Waals surface area contributed by atoms with Crippen molar-refractivity contribution in [3.8, 4) is 17.1 Å². The molecule has 2 amide bonds. The molecule has 10 nitrogen and oxygen atoms in total. The summed E-state index contributed by atoms with van der Waals surface area (Å²) in [5, 5.41) is 4.20. The Labute approximate surface area is 223 Å². The number of nitrogens with one attached hydrogen (secondary N) is 2. The fraction of sp³-hybridized carbons (Fsp3) is 0.500. The number of primary amides is 1.